The summed E-state index contributed by atoms with van der Waals surface area (Å²) in [5, 5.41) is 50.6. The van der Waals surface area contributed by atoms with Gasteiger partial charge in [0, 0.05) is 86.1 Å². The van der Waals surface area contributed by atoms with E-state index in [1.807, 2.05) is 25.1 Å². The van der Waals surface area contributed by atoms with Gasteiger partial charge in [-0.25, -0.2) is 56.6 Å². The summed E-state index contributed by atoms with van der Waals surface area (Å²) >= 11 is 42.3. The zero-order valence-electron chi connectivity index (χ0n) is 76.3. The number of nitrogens with zero attached hydrogens (tertiary/aromatic N) is 10. The van der Waals surface area contributed by atoms with Gasteiger partial charge in [0.1, 0.15) is 24.2 Å². The standard InChI is InChI=1S/C27H24Cl2N4O5.C26H22ClN3O5.C25H19Cl2N3O5.C24H18Cl2N4O5/c1-31(2)17-11-12-22-18(14-17)25(35)33(27(38)32(22)3)16-9-7-15(8-10-16)13-21(26(36)37)30-24(34)23-19(28)5-4-6-20(23)29;1-15-6-5-8-19(27)22(15)23(31)28-20(25(33)34)14-16-10-12-17(13-11-16)30-24(32)18-7-3-4-9-21(18)29(2)26(30)35;1-29-20-8-3-2-5-16(20)23(32)30(25(29)35)15-11-9-14(10-12-15)13-19(24(33)34)28-22(31)21-17(26)6-4-7-18(21)27;1-29-19-5-3-2-4-15(19)22(32)30(24(29)35)14-8-6-13(7-9-14)10-18(23(33)34)28-21(31)20-16(25)11-27-12-17(20)26/h4-12,14,21H,13H2,1-3H3,(H,30,34)(H,36,37);3-13,20H,14H2,1-2H3,(H,28,31)(H,33,34);2-12,19H,13H2,1H3,(H,28,31)(H,33,34);2-9,11-12,18H,10H2,1H3,(H,28,31)(H,33,34)/t21-;20-;19-;18-/m0000/s1. The maximum absolute atomic E-state index is 13.3. The highest BCUT2D eigenvalue weighted by atomic mass is 35.5. The van der Waals surface area contributed by atoms with Gasteiger partial charge >= 0.3 is 46.6 Å². The molecular formula is C102H83Cl7N14O20. The number of aryl methyl sites for hydroxylation is 5. The molecule has 34 nitrogen and oxygen atoms in total. The molecular weight excluding hydrogens is 1990 g/mol. The molecule has 0 fully saturated rings. The molecule has 16 aromatic rings. The second-order valence-electron chi connectivity index (χ2n) is 32.6. The molecule has 0 radical (unpaired) electrons. The lowest BCUT2D eigenvalue weighted by Gasteiger charge is -2.17. The number of carbonyl (C=O) groups excluding carboxylic acids is 4. The molecule has 4 atom stereocenters. The number of benzene rings is 11. The van der Waals surface area contributed by atoms with Crippen molar-refractivity contribution in [1.82, 2.24) is 62.8 Å². The van der Waals surface area contributed by atoms with Crippen LogP contribution in [0.25, 0.3) is 66.4 Å². The van der Waals surface area contributed by atoms with Crippen LogP contribution < -0.4 is 71.2 Å². The summed E-state index contributed by atoms with van der Waals surface area (Å²) in [6, 6.07) is 60.1. The fraction of sp³-hybridized carbons (Fsp3) is 0.147. The van der Waals surface area contributed by atoms with Gasteiger partial charge in [0.05, 0.1) is 124 Å². The molecule has 0 saturated heterocycles. The van der Waals surface area contributed by atoms with E-state index in [2.05, 4.69) is 26.3 Å². The third-order valence-corrected chi connectivity index (χ3v) is 25.3. The fourth-order valence-corrected chi connectivity index (χ4v) is 17.6. The topological polar surface area (TPSA) is 458 Å². The number of halogens is 7. The minimum absolute atomic E-state index is 0.00448. The van der Waals surface area contributed by atoms with Gasteiger partial charge in [0.15, 0.2) is 0 Å². The molecule has 41 heteroatoms. The summed E-state index contributed by atoms with van der Waals surface area (Å²) in [6.07, 6.45) is 2.29. The Labute approximate surface area is 844 Å². The van der Waals surface area contributed by atoms with Gasteiger partial charge in [0.25, 0.3) is 45.9 Å². The van der Waals surface area contributed by atoms with Gasteiger partial charge in [-0.3, -0.25) is 61.6 Å². The monoisotopic (exact) mass is 2070 g/mol. The number of carboxylic acid groups (broad SMARTS) is 4. The van der Waals surface area contributed by atoms with Crippen molar-refractivity contribution in [2.24, 2.45) is 28.2 Å². The van der Waals surface area contributed by atoms with Crippen LogP contribution in [-0.4, -0.2) is 148 Å². The SMILES string of the molecule is CN(C)c1ccc2c(c1)c(=O)n(-c1ccc(C[C@H](NC(=O)c3c(Cl)cccc3Cl)C(=O)O)cc1)c(=O)n2C.Cc1cccc(Cl)c1C(=O)N[C@@H](Cc1ccc(-n2c(=O)c3ccccc3n(C)c2=O)cc1)C(=O)O.Cn1c(=O)n(-c2ccc(C[C@H](NC(=O)c3c(Cl)cccc3Cl)C(=O)O)cc2)c(=O)c2ccccc21.Cn1c(=O)n(-c2ccc(C[C@H](NC(=O)c3c(Cl)cncc3Cl)C(=O)O)cc2)c(=O)c2ccccc21. The van der Waals surface area contributed by atoms with E-state index in [1.165, 1.54) is 54.9 Å². The summed E-state index contributed by atoms with van der Waals surface area (Å²) in [5.41, 5.74) is 3.44. The van der Waals surface area contributed by atoms with Crippen molar-refractivity contribution in [2.45, 2.75) is 56.8 Å². The molecule has 0 aliphatic heterocycles. The summed E-state index contributed by atoms with van der Waals surface area (Å²) in [6.45, 7) is 1.72. The van der Waals surface area contributed by atoms with E-state index in [9.17, 15) is 97.1 Å². The number of aliphatic carboxylic acids is 4. The van der Waals surface area contributed by atoms with Crippen molar-refractivity contribution in [3.8, 4) is 22.7 Å². The van der Waals surface area contributed by atoms with Crippen LogP contribution in [-0.2, 0) is 73.1 Å². The average Bonchev–Trinajstić information content (AvgIpc) is 0.755. The third kappa shape index (κ3) is 23.0. The first kappa shape index (κ1) is 104. The molecule has 16 rings (SSSR count). The number of carbonyl (C=O) groups is 8. The van der Waals surface area contributed by atoms with Crippen LogP contribution in [0.2, 0.25) is 35.2 Å². The zero-order chi connectivity index (χ0) is 104. The van der Waals surface area contributed by atoms with Crippen LogP contribution in [0.3, 0.4) is 0 Å². The molecule has 730 valence electrons. The number of fused-ring (bicyclic) bond motifs is 4. The zero-order valence-corrected chi connectivity index (χ0v) is 81.6. The first-order valence-corrected chi connectivity index (χ1v) is 45.7. The Bertz CT molecular complexity index is 7680. The van der Waals surface area contributed by atoms with Crippen molar-refractivity contribution in [2.75, 3.05) is 19.0 Å². The van der Waals surface area contributed by atoms with Crippen LogP contribution in [0.15, 0.2) is 293 Å². The predicted molar refractivity (Wildman–Crippen MR) is 547 cm³/mol. The van der Waals surface area contributed by atoms with Crippen molar-refractivity contribution in [1.29, 1.82) is 0 Å². The van der Waals surface area contributed by atoms with E-state index in [4.69, 9.17) is 81.2 Å². The van der Waals surface area contributed by atoms with Crippen LogP contribution in [0.5, 0.6) is 0 Å². The van der Waals surface area contributed by atoms with E-state index in [0.717, 1.165) is 24.0 Å². The lowest BCUT2D eigenvalue weighted by molar-refractivity contribution is -0.140. The maximum atomic E-state index is 13.3. The lowest BCUT2D eigenvalue weighted by Crippen LogP contribution is -2.42. The number of aromatic nitrogens is 9. The molecule has 8 N–H and O–H groups in total. The molecule has 5 aromatic heterocycles. The van der Waals surface area contributed by atoms with Gasteiger partial charge < -0.3 is 46.6 Å². The molecule has 0 saturated carbocycles. The first-order valence-electron chi connectivity index (χ1n) is 43.1. The lowest BCUT2D eigenvalue weighted by atomic mass is 10.0. The number of para-hydroxylation sites is 3. The number of rotatable bonds is 25. The van der Waals surface area contributed by atoms with E-state index < -0.39 is 117 Å². The van der Waals surface area contributed by atoms with Crippen LogP contribution in [0.4, 0.5) is 5.69 Å². The number of hydrogen-bond donors (Lipinski definition) is 8. The summed E-state index contributed by atoms with van der Waals surface area (Å²) in [4.78, 5) is 207. The van der Waals surface area contributed by atoms with E-state index >= 15 is 0 Å². The Hall–Kier alpha value is -16.1. The number of amides is 4. The largest absolute Gasteiger partial charge is 0.480 e. The second-order valence-corrected chi connectivity index (χ2v) is 35.5. The van der Waals surface area contributed by atoms with Gasteiger partial charge in [-0.05, 0) is 168 Å². The Morgan fingerprint density at radius 2 is 0.538 bits per heavy atom. The van der Waals surface area contributed by atoms with Crippen molar-refractivity contribution in [3.05, 3.63) is 424 Å². The number of nitrogens with one attached hydrogen (secondary N) is 4. The fourth-order valence-electron chi connectivity index (χ4n) is 15.6. The number of pyridine rings is 1. The average molecular weight is 2070 g/mol. The molecule has 11 aromatic carbocycles. The van der Waals surface area contributed by atoms with E-state index in [-0.39, 0.29) is 83.1 Å². The number of carboxylic acids is 4. The molecule has 143 heavy (non-hydrogen) atoms. The quantitative estimate of drug-likeness (QED) is 0.0263. The van der Waals surface area contributed by atoms with Crippen LogP contribution in [0, 0.1) is 6.92 Å². The number of anilines is 1. The van der Waals surface area contributed by atoms with Gasteiger partial charge in [-0.1, -0.05) is 190 Å². The van der Waals surface area contributed by atoms with E-state index in [1.54, 1.807) is 247 Å². The first-order chi connectivity index (χ1) is 68.0. The molecule has 5 heterocycles. The van der Waals surface area contributed by atoms with Gasteiger partial charge in [-0.2, -0.15) is 0 Å². The highest BCUT2D eigenvalue weighted by Crippen LogP contribution is 2.30. The third-order valence-electron chi connectivity index (χ3n) is 23.2. The van der Waals surface area contributed by atoms with Crippen molar-refractivity contribution >= 4 is 178 Å². The number of hydrogen-bond acceptors (Lipinski definition) is 18. The summed E-state index contributed by atoms with van der Waals surface area (Å²) in [5.74, 6) is -7.72. The highest BCUT2D eigenvalue weighted by molar-refractivity contribution is 6.41. The predicted octanol–water partition coefficient (Wildman–Crippen LogP) is 12.8. The van der Waals surface area contributed by atoms with Gasteiger partial charge in [0.2, 0.25) is 0 Å². The molecule has 0 aliphatic carbocycles. The highest BCUT2D eigenvalue weighted by Gasteiger charge is 2.31. The van der Waals surface area contributed by atoms with E-state index in [0.29, 0.717) is 94.2 Å². The summed E-state index contributed by atoms with van der Waals surface area (Å²) in [7, 11) is 10.1. The van der Waals surface area contributed by atoms with Crippen LogP contribution in [0.1, 0.15) is 69.2 Å². The molecule has 0 bridgehead atoms. The Morgan fingerprint density at radius 1 is 0.301 bits per heavy atom. The van der Waals surface area contributed by atoms with Crippen LogP contribution >= 0.6 is 81.2 Å². The molecule has 0 aliphatic rings. The van der Waals surface area contributed by atoms with Gasteiger partial charge in [-0.15, -0.1) is 0 Å². The normalized spacial score (nSPS) is 11.8. The van der Waals surface area contributed by atoms with Crippen molar-refractivity contribution in [3.63, 3.8) is 0 Å². The minimum Gasteiger partial charge on any atom is -0.480 e. The molecule has 4 amide bonds. The Morgan fingerprint density at radius 3 is 0.804 bits per heavy atom. The smallest absolute Gasteiger partial charge is 0.335 e. The Balaban J connectivity index is 0.000000160. The molecule has 0 unspecified atom stereocenters. The molecule has 0 spiro atoms. The Kier molecular flexibility index (Phi) is 32.8. The minimum atomic E-state index is -1.29. The maximum Gasteiger partial charge on any atom is 0.335 e. The second kappa shape index (κ2) is 45.0. The summed E-state index contributed by atoms with van der Waals surface area (Å²) < 4.78 is 9.83. The van der Waals surface area contributed by atoms with Crippen molar-refractivity contribution < 1.29 is 58.8 Å².